The van der Waals surface area contributed by atoms with Crippen LogP contribution in [0.5, 0.6) is 0 Å². The van der Waals surface area contributed by atoms with E-state index in [0.29, 0.717) is 0 Å². The first-order chi connectivity index (χ1) is 7.27. The molecule has 0 saturated carbocycles. The van der Waals surface area contributed by atoms with E-state index in [1.54, 1.807) is 6.20 Å². The van der Waals surface area contributed by atoms with Crippen LogP contribution in [0.25, 0.3) is 11.3 Å². The van der Waals surface area contributed by atoms with E-state index in [1.165, 1.54) is 11.3 Å². The van der Waals surface area contributed by atoms with Crippen molar-refractivity contribution in [1.29, 1.82) is 0 Å². The maximum atomic E-state index is 10.9. The van der Waals surface area contributed by atoms with Crippen molar-refractivity contribution in [1.82, 2.24) is 4.98 Å². The topological polar surface area (TPSA) is 56.0 Å². The summed E-state index contributed by atoms with van der Waals surface area (Å²) in [5.41, 5.74) is 7.06. The number of aromatic nitrogens is 1. The van der Waals surface area contributed by atoms with Gasteiger partial charge in [-0.3, -0.25) is 9.78 Å². The second kappa shape index (κ2) is 4.23. The van der Waals surface area contributed by atoms with Gasteiger partial charge in [0, 0.05) is 16.6 Å². The van der Waals surface area contributed by atoms with Gasteiger partial charge in [0.2, 0.25) is 5.91 Å². The maximum Gasteiger partial charge on any atom is 0.222 e. The molecule has 2 aromatic heterocycles. The second-order valence-electron chi connectivity index (χ2n) is 3.12. The first kappa shape index (κ1) is 9.86. The molecule has 1 amide bonds. The normalized spacial score (nSPS) is 10.1. The molecule has 3 nitrogen and oxygen atoms in total. The highest BCUT2D eigenvalue weighted by atomic mass is 32.1. The molecule has 0 aromatic carbocycles. The van der Waals surface area contributed by atoms with Crippen LogP contribution >= 0.6 is 11.3 Å². The molecule has 0 aliphatic carbocycles. The molecule has 76 valence electrons. The second-order valence-corrected chi connectivity index (χ2v) is 4.12. The fraction of sp³-hybridized carbons (Fsp3) is 0.0909. The lowest BCUT2D eigenvalue weighted by molar-refractivity contribution is -0.117. The number of pyridine rings is 1. The fourth-order valence-corrected chi connectivity index (χ4v) is 2.28. The van der Waals surface area contributed by atoms with Crippen molar-refractivity contribution in [3.8, 4) is 11.3 Å². The molecule has 0 bridgehead atoms. The van der Waals surface area contributed by atoms with E-state index < -0.39 is 0 Å². The summed E-state index contributed by atoms with van der Waals surface area (Å²) >= 11 is 1.53. The minimum Gasteiger partial charge on any atom is -0.369 e. The molecule has 0 aliphatic rings. The van der Waals surface area contributed by atoms with E-state index in [-0.39, 0.29) is 12.3 Å². The van der Waals surface area contributed by atoms with Crippen LogP contribution in [-0.4, -0.2) is 10.9 Å². The van der Waals surface area contributed by atoms with Gasteiger partial charge in [-0.1, -0.05) is 6.07 Å². The van der Waals surface area contributed by atoms with Gasteiger partial charge >= 0.3 is 0 Å². The van der Waals surface area contributed by atoms with Gasteiger partial charge in [0.15, 0.2) is 0 Å². The Kier molecular flexibility index (Phi) is 2.78. The molecule has 2 rings (SSSR count). The largest absolute Gasteiger partial charge is 0.369 e. The Hall–Kier alpha value is -1.68. The Morgan fingerprint density at radius 3 is 2.93 bits per heavy atom. The summed E-state index contributed by atoms with van der Waals surface area (Å²) in [6, 6.07) is 7.68. The van der Waals surface area contributed by atoms with Crippen molar-refractivity contribution in [2.24, 2.45) is 5.73 Å². The Morgan fingerprint density at radius 1 is 1.40 bits per heavy atom. The zero-order valence-electron chi connectivity index (χ0n) is 8.01. The quantitative estimate of drug-likeness (QED) is 0.854. The summed E-state index contributed by atoms with van der Waals surface area (Å²) in [7, 11) is 0. The van der Waals surface area contributed by atoms with Crippen LogP contribution in [0.3, 0.4) is 0 Å². The van der Waals surface area contributed by atoms with Crippen LogP contribution in [0.15, 0.2) is 35.8 Å². The Morgan fingerprint density at radius 2 is 2.27 bits per heavy atom. The van der Waals surface area contributed by atoms with Gasteiger partial charge in [-0.15, -0.1) is 11.3 Å². The maximum absolute atomic E-state index is 10.9. The first-order valence-corrected chi connectivity index (χ1v) is 5.41. The lowest BCUT2D eigenvalue weighted by atomic mass is 10.1. The van der Waals surface area contributed by atoms with Gasteiger partial charge in [-0.2, -0.15) is 0 Å². The summed E-state index contributed by atoms with van der Waals surface area (Å²) in [4.78, 5) is 16.1. The Bertz CT molecular complexity index is 464. The molecule has 0 fully saturated rings. The molecular formula is C11H10N2OS. The van der Waals surface area contributed by atoms with Crippen LogP contribution in [0.1, 0.15) is 4.88 Å². The minimum atomic E-state index is -0.311. The summed E-state index contributed by atoms with van der Waals surface area (Å²) in [6.07, 6.45) is 2.02. The van der Waals surface area contributed by atoms with Gasteiger partial charge in [0.25, 0.3) is 0 Å². The standard InChI is InChI=1S/C11H10N2OS/c12-11(14)7-10-8(4-6-15-10)9-3-1-2-5-13-9/h1-6H,7H2,(H2,12,14). The number of amides is 1. The Labute approximate surface area is 91.6 Å². The van der Waals surface area contributed by atoms with Crippen LogP contribution in [0.2, 0.25) is 0 Å². The van der Waals surface area contributed by atoms with E-state index in [4.69, 9.17) is 5.73 Å². The van der Waals surface area contributed by atoms with E-state index in [2.05, 4.69) is 4.98 Å². The number of hydrogen-bond acceptors (Lipinski definition) is 3. The molecule has 0 spiro atoms. The van der Waals surface area contributed by atoms with E-state index in [9.17, 15) is 4.79 Å². The number of carbonyl (C=O) groups excluding carboxylic acids is 1. The number of thiophene rings is 1. The van der Waals surface area contributed by atoms with Crippen LogP contribution in [-0.2, 0) is 11.2 Å². The van der Waals surface area contributed by atoms with E-state index >= 15 is 0 Å². The third kappa shape index (κ3) is 2.22. The number of rotatable bonds is 3. The highest BCUT2D eigenvalue weighted by molar-refractivity contribution is 7.10. The average Bonchev–Trinajstić information content (AvgIpc) is 2.66. The average molecular weight is 218 g/mol. The third-order valence-corrected chi connectivity index (χ3v) is 2.94. The summed E-state index contributed by atoms with van der Waals surface area (Å²) < 4.78 is 0. The Balaban J connectivity index is 2.37. The van der Waals surface area contributed by atoms with Crippen molar-refractivity contribution in [3.05, 3.63) is 40.7 Å². The molecule has 0 aliphatic heterocycles. The molecule has 2 heterocycles. The van der Waals surface area contributed by atoms with Crippen LogP contribution in [0.4, 0.5) is 0 Å². The number of nitrogens with two attached hydrogens (primary N) is 1. The predicted molar refractivity (Wildman–Crippen MR) is 60.4 cm³/mol. The zero-order chi connectivity index (χ0) is 10.7. The summed E-state index contributed by atoms with van der Waals surface area (Å²) in [6.45, 7) is 0. The molecule has 2 N–H and O–H groups in total. The number of hydrogen-bond donors (Lipinski definition) is 1. The zero-order valence-corrected chi connectivity index (χ0v) is 8.83. The molecule has 0 radical (unpaired) electrons. The summed E-state index contributed by atoms with van der Waals surface area (Å²) in [5, 5.41) is 1.95. The smallest absolute Gasteiger partial charge is 0.222 e. The third-order valence-electron chi connectivity index (χ3n) is 2.02. The van der Waals surface area contributed by atoms with Gasteiger partial charge in [-0.05, 0) is 23.6 Å². The van der Waals surface area contributed by atoms with Crippen molar-refractivity contribution >= 4 is 17.2 Å². The lowest BCUT2D eigenvalue weighted by Gasteiger charge is -2.00. The number of carbonyl (C=O) groups is 1. The number of nitrogens with zero attached hydrogens (tertiary/aromatic N) is 1. The van der Waals surface area contributed by atoms with Gasteiger partial charge in [0.05, 0.1) is 12.1 Å². The van der Waals surface area contributed by atoms with Gasteiger partial charge in [-0.25, -0.2) is 0 Å². The molecule has 15 heavy (non-hydrogen) atoms. The number of primary amides is 1. The SMILES string of the molecule is NC(=O)Cc1sccc1-c1ccccn1. The first-order valence-electron chi connectivity index (χ1n) is 4.53. The molecular weight excluding hydrogens is 208 g/mol. The minimum absolute atomic E-state index is 0.281. The molecule has 0 saturated heterocycles. The molecule has 0 unspecified atom stereocenters. The fourth-order valence-electron chi connectivity index (χ4n) is 1.39. The van der Waals surface area contributed by atoms with Crippen molar-refractivity contribution < 1.29 is 4.79 Å². The molecule has 2 aromatic rings. The van der Waals surface area contributed by atoms with Crippen molar-refractivity contribution in [2.75, 3.05) is 0 Å². The highest BCUT2D eigenvalue weighted by Gasteiger charge is 2.09. The molecule has 4 heteroatoms. The highest BCUT2D eigenvalue weighted by Crippen LogP contribution is 2.26. The van der Waals surface area contributed by atoms with Crippen LogP contribution in [0, 0.1) is 0 Å². The molecule has 0 atom stereocenters. The lowest BCUT2D eigenvalue weighted by Crippen LogP contribution is -2.13. The van der Waals surface area contributed by atoms with Crippen LogP contribution < -0.4 is 5.73 Å². The summed E-state index contributed by atoms with van der Waals surface area (Å²) in [5.74, 6) is -0.311. The van der Waals surface area contributed by atoms with Gasteiger partial charge < -0.3 is 5.73 Å². The van der Waals surface area contributed by atoms with E-state index in [0.717, 1.165) is 16.1 Å². The van der Waals surface area contributed by atoms with Gasteiger partial charge in [0.1, 0.15) is 0 Å². The predicted octanol–water partition coefficient (Wildman–Crippen LogP) is 1.84. The van der Waals surface area contributed by atoms with Crippen molar-refractivity contribution in [2.45, 2.75) is 6.42 Å². The monoisotopic (exact) mass is 218 g/mol. The van der Waals surface area contributed by atoms with Crippen molar-refractivity contribution in [3.63, 3.8) is 0 Å². The van der Waals surface area contributed by atoms with E-state index in [1.807, 2.05) is 29.6 Å².